The van der Waals surface area contributed by atoms with Gasteiger partial charge in [0.15, 0.2) is 0 Å². The van der Waals surface area contributed by atoms with Crippen molar-refractivity contribution in [2.24, 2.45) is 0 Å². The molecule has 18 heavy (non-hydrogen) atoms. The lowest BCUT2D eigenvalue weighted by Crippen LogP contribution is -2.14. The number of benzene rings is 1. The fourth-order valence-corrected chi connectivity index (χ4v) is 2.56. The summed E-state index contributed by atoms with van der Waals surface area (Å²) in [5.41, 5.74) is 2.35. The van der Waals surface area contributed by atoms with Gasteiger partial charge in [-0.25, -0.2) is 4.68 Å². The Labute approximate surface area is 129 Å². The molecule has 1 aromatic heterocycles. The molecule has 5 heteroatoms. The Morgan fingerprint density at radius 3 is 2.89 bits per heavy atom. The average molecular weight is 420 g/mol. The Kier molecular flexibility index (Phi) is 5.20. The van der Waals surface area contributed by atoms with E-state index in [1.54, 1.807) is 0 Å². The molecule has 0 fully saturated rings. The van der Waals surface area contributed by atoms with Gasteiger partial charge in [-0.15, -0.1) is 0 Å². The highest BCUT2D eigenvalue weighted by atomic mass is 127. The monoisotopic (exact) mass is 419 g/mol. The number of aromatic nitrogens is 2. The molecule has 0 atom stereocenters. The molecule has 3 nitrogen and oxygen atoms in total. The van der Waals surface area contributed by atoms with Gasteiger partial charge in [0.1, 0.15) is 0 Å². The van der Waals surface area contributed by atoms with Crippen LogP contribution in [0.1, 0.15) is 18.9 Å². The predicted octanol–water partition coefficient (Wildman–Crippen LogP) is 3.74. The van der Waals surface area contributed by atoms with Crippen LogP contribution >= 0.6 is 38.5 Å². The SMILES string of the molecule is CCCNCc1ccc(-n2cc(I)cn2)cc1Br. The van der Waals surface area contributed by atoms with Crippen LogP contribution in [-0.4, -0.2) is 16.3 Å². The van der Waals surface area contributed by atoms with Gasteiger partial charge in [-0.1, -0.05) is 28.9 Å². The van der Waals surface area contributed by atoms with Crippen LogP contribution in [0, 0.1) is 3.57 Å². The number of nitrogens with zero attached hydrogens (tertiary/aromatic N) is 2. The van der Waals surface area contributed by atoms with Crippen LogP contribution < -0.4 is 5.32 Å². The molecule has 0 unspecified atom stereocenters. The number of hydrogen-bond acceptors (Lipinski definition) is 2. The van der Waals surface area contributed by atoms with E-state index >= 15 is 0 Å². The molecule has 0 aliphatic heterocycles. The largest absolute Gasteiger partial charge is 0.313 e. The van der Waals surface area contributed by atoms with E-state index in [-0.39, 0.29) is 0 Å². The van der Waals surface area contributed by atoms with Crippen molar-refractivity contribution in [2.75, 3.05) is 6.54 Å². The summed E-state index contributed by atoms with van der Waals surface area (Å²) in [4.78, 5) is 0. The van der Waals surface area contributed by atoms with Gasteiger partial charge in [0.2, 0.25) is 0 Å². The van der Waals surface area contributed by atoms with Crippen LogP contribution in [0.2, 0.25) is 0 Å². The Bertz CT molecular complexity index is 525. The van der Waals surface area contributed by atoms with Gasteiger partial charge in [-0.3, -0.25) is 0 Å². The number of rotatable bonds is 5. The van der Waals surface area contributed by atoms with E-state index in [9.17, 15) is 0 Å². The maximum atomic E-state index is 4.30. The van der Waals surface area contributed by atoms with Crippen molar-refractivity contribution in [3.8, 4) is 5.69 Å². The summed E-state index contributed by atoms with van der Waals surface area (Å²) in [6, 6.07) is 6.33. The van der Waals surface area contributed by atoms with Crippen LogP contribution in [0.25, 0.3) is 5.69 Å². The van der Waals surface area contributed by atoms with Crippen molar-refractivity contribution in [2.45, 2.75) is 19.9 Å². The third-order valence-electron chi connectivity index (χ3n) is 2.59. The highest BCUT2D eigenvalue weighted by Gasteiger charge is 2.04. The Morgan fingerprint density at radius 2 is 2.28 bits per heavy atom. The van der Waals surface area contributed by atoms with E-state index < -0.39 is 0 Å². The molecule has 0 amide bonds. The van der Waals surface area contributed by atoms with Crippen LogP contribution in [0.4, 0.5) is 0 Å². The summed E-state index contributed by atoms with van der Waals surface area (Å²) in [7, 11) is 0. The van der Waals surface area contributed by atoms with Gasteiger partial charge in [0, 0.05) is 17.2 Å². The molecule has 2 aromatic rings. The Balaban J connectivity index is 2.14. The molecule has 0 saturated carbocycles. The third kappa shape index (κ3) is 3.55. The van der Waals surface area contributed by atoms with Crippen LogP contribution in [-0.2, 0) is 6.54 Å². The molecule has 1 aromatic carbocycles. The minimum Gasteiger partial charge on any atom is -0.313 e. The smallest absolute Gasteiger partial charge is 0.0657 e. The summed E-state index contributed by atoms with van der Waals surface area (Å²) < 4.78 is 4.14. The zero-order valence-corrected chi connectivity index (χ0v) is 13.9. The Hall–Kier alpha value is -0.400. The standard InChI is InChI=1S/C13H15BrIN3/c1-2-5-16-7-10-3-4-12(6-13(10)14)18-9-11(15)8-17-18/h3-4,6,8-9,16H,2,5,7H2,1H3. The number of hydrogen-bond donors (Lipinski definition) is 1. The molecule has 0 radical (unpaired) electrons. The van der Waals surface area contributed by atoms with Gasteiger partial charge >= 0.3 is 0 Å². The molecular formula is C13H15BrIN3. The van der Waals surface area contributed by atoms with E-state index in [0.29, 0.717) is 0 Å². The van der Waals surface area contributed by atoms with E-state index in [0.717, 1.165) is 33.2 Å². The van der Waals surface area contributed by atoms with Crippen molar-refractivity contribution in [3.05, 3.63) is 44.2 Å². The lowest BCUT2D eigenvalue weighted by atomic mass is 10.2. The topological polar surface area (TPSA) is 29.9 Å². The van der Waals surface area contributed by atoms with E-state index in [1.165, 1.54) is 5.56 Å². The van der Waals surface area contributed by atoms with E-state index in [2.05, 4.69) is 74.1 Å². The van der Waals surface area contributed by atoms with Gasteiger partial charge in [-0.05, 0) is 53.3 Å². The van der Waals surface area contributed by atoms with E-state index in [1.807, 2.05) is 17.1 Å². The first kappa shape index (κ1) is 14.0. The molecule has 96 valence electrons. The van der Waals surface area contributed by atoms with Crippen molar-refractivity contribution in [1.82, 2.24) is 15.1 Å². The summed E-state index contributed by atoms with van der Waals surface area (Å²) in [6.45, 7) is 4.11. The second kappa shape index (κ2) is 6.68. The summed E-state index contributed by atoms with van der Waals surface area (Å²) in [5.74, 6) is 0. The molecule has 0 bridgehead atoms. The fraction of sp³-hybridized carbons (Fsp3) is 0.308. The van der Waals surface area contributed by atoms with E-state index in [4.69, 9.17) is 0 Å². The summed E-state index contributed by atoms with van der Waals surface area (Å²) in [5, 5.41) is 7.71. The highest BCUT2D eigenvalue weighted by molar-refractivity contribution is 14.1. The van der Waals surface area contributed by atoms with Crippen molar-refractivity contribution >= 4 is 38.5 Å². The van der Waals surface area contributed by atoms with Gasteiger partial charge in [0.05, 0.1) is 15.5 Å². The van der Waals surface area contributed by atoms with Crippen molar-refractivity contribution in [1.29, 1.82) is 0 Å². The minimum atomic E-state index is 0.894. The second-order valence-electron chi connectivity index (χ2n) is 4.06. The van der Waals surface area contributed by atoms with Gasteiger partial charge in [-0.2, -0.15) is 5.10 Å². The number of nitrogens with one attached hydrogen (secondary N) is 1. The normalized spacial score (nSPS) is 10.8. The van der Waals surface area contributed by atoms with Crippen LogP contribution in [0.15, 0.2) is 35.1 Å². The molecule has 0 aliphatic carbocycles. The third-order valence-corrected chi connectivity index (χ3v) is 3.89. The fourth-order valence-electron chi connectivity index (χ4n) is 1.66. The van der Waals surface area contributed by atoms with Gasteiger partial charge < -0.3 is 5.32 Å². The first-order chi connectivity index (χ1) is 8.70. The summed E-state index contributed by atoms with van der Waals surface area (Å²) >= 11 is 5.88. The maximum Gasteiger partial charge on any atom is 0.0657 e. The predicted molar refractivity (Wildman–Crippen MR) is 86.0 cm³/mol. The number of halogens is 2. The zero-order chi connectivity index (χ0) is 13.0. The first-order valence-electron chi connectivity index (χ1n) is 5.90. The molecule has 1 N–H and O–H groups in total. The highest BCUT2D eigenvalue weighted by Crippen LogP contribution is 2.21. The molecule has 0 spiro atoms. The second-order valence-corrected chi connectivity index (χ2v) is 6.16. The van der Waals surface area contributed by atoms with Crippen molar-refractivity contribution in [3.63, 3.8) is 0 Å². The van der Waals surface area contributed by atoms with Crippen LogP contribution in [0.3, 0.4) is 0 Å². The molecule has 1 heterocycles. The molecule has 0 aliphatic rings. The molecule has 2 rings (SSSR count). The average Bonchev–Trinajstić information content (AvgIpc) is 2.78. The Morgan fingerprint density at radius 1 is 1.44 bits per heavy atom. The first-order valence-corrected chi connectivity index (χ1v) is 7.77. The lowest BCUT2D eigenvalue weighted by Gasteiger charge is -2.08. The molecule has 0 saturated heterocycles. The van der Waals surface area contributed by atoms with Gasteiger partial charge in [0.25, 0.3) is 0 Å². The minimum absolute atomic E-state index is 0.894. The van der Waals surface area contributed by atoms with Crippen molar-refractivity contribution < 1.29 is 0 Å². The molecular weight excluding hydrogens is 405 g/mol. The quantitative estimate of drug-likeness (QED) is 0.591. The maximum absolute atomic E-state index is 4.30. The summed E-state index contributed by atoms with van der Waals surface area (Å²) in [6.07, 6.45) is 5.02. The zero-order valence-electron chi connectivity index (χ0n) is 10.2. The van der Waals surface area contributed by atoms with Crippen LogP contribution in [0.5, 0.6) is 0 Å². The lowest BCUT2D eigenvalue weighted by molar-refractivity contribution is 0.673.